The van der Waals surface area contributed by atoms with E-state index in [4.69, 9.17) is 4.74 Å². The molecule has 21 heavy (non-hydrogen) atoms. The molecule has 0 spiro atoms. The monoisotopic (exact) mass is 291 g/mol. The first-order valence-electron chi connectivity index (χ1n) is 8.00. The molecule has 1 aliphatic heterocycles. The summed E-state index contributed by atoms with van der Waals surface area (Å²) in [6, 6.07) is 6.18. The van der Waals surface area contributed by atoms with Crippen molar-refractivity contribution in [3.05, 3.63) is 29.3 Å². The summed E-state index contributed by atoms with van der Waals surface area (Å²) in [6.07, 6.45) is 2.89. The van der Waals surface area contributed by atoms with Crippen LogP contribution in [0.15, 0.2) is 18.2 Å². The minimum absolute atomic E-state index is 0.0791. The summed E-state index contributed by atoms with van der Waals surface area (Å²) in [5.74, 6) is 0.789. The lowest BCUT2D eigenvalue weighted by molar-refractivity contribution is 0.145. The number of hydrogen-bond donors (Lipinski definition) is 1. The molecule has 1 saturated heterocycles. The summed E-state index contributed by atoms with van der Waals surface area (Å²) < 4.78 is 5.43. The highest BCUT2D eigenvalue weighted by Crippen LogP contribution is 2.33. The number of nitrogens with zero attached hydrogens (tertiary/aromatic N) is 1. The average Bonchev–Trinajstić information content (AvgIpc) is 2.96. The fraction of sp³-hybridized carbons (Fsp3) is 0.667. The molecule has 1 unspecified atom stereocenters. The third kappa shape index (κ3) is 4.21. The van der Waals surface area contributed by atoms with E-state index in [2.05, 4.69) is 37.8 Å². The highest BCUT2D eigenvalue weighted by atomic mass is 16.5. The zero-order chi connectivity index (χ0) is 15.5. The fourth-order valence-corrected chi connectivity index (χ4v) is 2.93. The summed E-state index contributed by atoms with van der Waals surface area (Å²) >= 11 is 0. The van der Waals surface area contributed by atoms with Gasteiger partial charge in [0.15, 0.2) is 0 Å². The molecule has 0 saturated carbocycles. The van der Waals surface area contributed by atoms with Crippen molar-refractivity contribution in [2.24, 2.45) is 0 Å². The Morgan fingerprint density at radius 3 is 2.48 bits per heavy atom. The minimum Gasteiger partial charge on any atom is -0.496 e. The van der Waals surface area contributed by atoms with Crippen LogP contribution >= 0.6 is 0 Å². The number of benzene rings is 1. The number of aliphatic hydroxyl groups excluding tert-OH is 1. The van der Waals surface area contributed by atoms with Crippen LogP contribution in [0, 0.1) is 0 Å². The molecule has 0 aliphatic carbocycles. The molecule has 0 bridgehead atoms. The molecule has 1 atom stereocenters. The van der Waals surface area contributed by atoms with Crippen molar-refractivity contribution >= 4 is 0 Å². The van der Waals surface area contributed by atoms with Gasteiger partial charge in [-0.15, -0.1) is 0 Å². The molecular formula is C18H29NO2. The standard InChI is InChI=1S/C18H29NO2/c1-18(2,3)14-7-8-17(21-4)15(13-14)16(20)9-12-19-10-5-6-11-19/h7-8,13,16,20H,5-6,9-12H2,1-4H3. The molecule has 0 radical (unpaired) electrons. The number of ether oxygens (including phenoxy) is 1. The fourth-order valence-electron chi connectivity index (χ4n) is 2.93. The summed E-state index contributed by atoms with van der Waals surface area (Å²) in [4.78, 5) is 2.43. The lowest BCUT2D eigenvalue weighted by Gasteiger charge is -2.23. The van der Waals surface area contributed by atoms with Gasteiger partial charge in [0.1, 0.15) is 5.75 Å². The van der Waals surface area contributed by atoms with E-state index >= 15 is 0 Å². The Morgan fingerprint density at radius 1 is 1.24 bits per heavy atom. The van der Waals surface area contributed by atoms with Gasteiger partial charge in [0.25, 0.3) is 0 Å². The molecule has 2 rings (SSSR count). The van der Waals surface area contributed by atoms with E-state index in [1.54, 1.807) is 7.11 Å². The zero-order valence-corrected chi connectivity index (χ0v) is 13.9. The summed E-state index contributed by atoms with van der Waals surface area (Å²) in [5, 5.41) is 10.6. The number of aliphatic hydroxyl groups is 1. The van der Waals surface area contributed by atoms with Crippen molar-refractivity contribution in [2.45, 2.75) is 51.6 Å². The molecular weight excluding hydrogens is 262 g/mol. The van der Waals surface area contributed by atoms with Crippen LogP contribution in [-0.4, -0.2) is 36.8 Å². The highest BCUT2D eigenvalue weighted by Gasteiger charge is 2.20. The minimum atomic E-state index is -0.456. The topological polar surface area (TPSA) is 32.7 Å². The zero-order valence-electron chi connectivity index (χ0n) is 13.9. The van der Waals surface area contributed by atoms with Gasteiger partial charge < -0.3 is 14.7 Å². The first kappa shape index (κ1) is 16.3. The van der Waals surface area contributed by atoms with E-state index in [1.807, 2.05) is 6.07 Å². The van der Waals surface area contributed by atoms with Crippen LogP contribution < -0.4 is 4.74 Å². The van der Waals surface area contributed by atoms with E-state index in [9.17, 15) is 5.11 Å². The van der Waals surface area contributed by atoms with E-state index < -0.39 is 6.10 Å². The third-order valence-corrected chi connectivity index (χ3v) is 4.37. The number of rotatable bonds is 5. The largest absolute Gasteiger partial charge is 0.496 e. The van der Waals surface area contributed by atoms with Crippen LogP contribution in [0.4, 0.5) is 0 Å². The second-order valence-corrected chi connectivity index (χ2v) is 7.06. The predicted molar refractivity (Wildman–Crippen MR) is 86.9 cm³/mol. The molecule has 1 aromatic rings. The van der Waals surface area contributed by atoms with Crippen molar-refractivity contribution in [3.8, 4) is 5.75 Å². The van der Waals surface area contributed by atoms with Gasteiger partial charge in [-0.25, -0.2) is 0 Å². The van der Waals surface area contributed by atoms with Crippen molar-refractivity contribution < 1.29 is 9.84 Å². The highest BCUT2D eigenvalue weighted by molar-refractivity contribution is 5.41. The van der Waals surface area contributed by atoms with Crippen molar-refractivity contribution in [1.82, 2.24) is 4.90 Å². The van der Waals surface area contributed by atoms with E-state index in [0.29, 0.717) is 0 Å². The molecule has 1 heterocycles. The Balaban J connectivity index is 2.11. The van der Waals surface area contributed by atoms with Crippen LogP contribution in [0.2, 0.25) is 0 Å². The van der Waals surface area contributed by atoms with Gasteiger partial charge in [-0.1, -0.05) is 26.8 Å². The van der Waals surface area contributed by atoms with Gasteiger partial charge in [0.05, 0.1) is 13.2 Å². The first-order valence-corrected chi connectivity index (χ1v) is 8.00. The van der Waals surface area contributed by atoms with Crippen molar-refractivity contribution in [3.63, 3.8) is 0 Å². The van der Waals surface area contributed by atoms with Gasteiger partial charge in [0, 0.05) is 12.1 Å². The smallest absolute Gasteiger partial charge is 0.124 e. The summed E-state index contributed by atoms with van der Waals surface area (Å²) in [6.45, 7) is 9.88. The predicted octanol–water partition coefficient (Wildman–Crippen LogP) is 3.51. The van der Waals surface area contributed by atoms with Crippen molar-refractivity contribution in [1.29, 1.82) is 0 Å². The molecule has 3 nitrogen and oxygen atoms in total. The molecule has 0 amide bonds. The number of likely N-dealkylation sites (tertiary alicyclic amines) is 1. The van der Waals surface area contributed by atoms with Crippen LogP contribution in [-0.2, 0) is 5.41 Å². The Bertz CT molecular complexity index is 459. The van der Waals surface area contributed by atoms with Gasteiger partial charge >= 0.3 is 0 Å². The Kier molecular flexibility index (Phi) is 5.28. The van der Waals surface area contributed by atoms with E-state index in [1.165, 1.54) is 31.5 Å². The van der Waals surface area contributed by atoms with E-state index in [-0.39, 0.29) is 5.41 Å². The Labute approximate surface area is 128 Å². The summed E-state index contributed by atoms with van der Waals surface area (Å²) in [5.41, 5.74) is 2.23. The molecule has 1 aromatic carbocycles. The van der Waals surface area contributed by atoms with Crippen LogP contribution in [0.3, 0.4) is 0 Å². The molecule has 0 aromatic heterocycles. The average molecular weight is 291 g/mol. The first-order chi connectivity index (χ1) is 9.91. The Hall–Kier alpha value is -1.06. The number of hydrogen-bond acceptors (Lipinski definition) is 3. The van der Waals surface area contributed by atoms with E-state index in [0.717, 1.165) is 24.3 Å². The summed E-state index contributed by atoms with van der Waals surface area (Å²) in [7, 11) is 1.67. The Morgan fingerprint density at radius 2 is 1.90 bits per heavy atom. The van der Waals surface area contributed by atoms with Crippen LogP contribution in [0.1, 0.15) is 57.3 Å². The molecule has 1 fully saturated rings. The third-order valence-electron chi connectivity index (χ3n) is 4.37. The van der Waals surface area contributed by atoms with Gasteiger partial charge in [0.2, 0.25) is 0 Å². The lowest BCUT2D eigenvalue weighted by atomic mass is 9.85. The maximum Gasteiger partial charge on any atom is 0.124 e. The molecule has 1 N–H and O–H groups in total. The lowest BCUT2D eigenvalue weighted by Crippen LogP contribution is -2.22. The maximum atomic E-state index is 10.6. The quantitative estimate of drug-likeness (QED) is 0.901. The van der Waals surface area contributed by atoms with Gasteiger partial charge in [-0.05, 0) is 55.5 Å². The maximum absolute atomic E-state index is 10.6. The molecule has 118 valence electrons. The van der Waals surface area contributed by atoms with Crippen molar-refractivity contribution in [2.75, 3.05) is 26.7 Å². The van der Waals surface area contributed by atoms with Crippen LogP contribution in [0.25, 0.3) is 0 Å². The molecule has 1 aliphatic rings. The van der Waals surface area contributed by atoms with Gasteiger partial charge in [-0.2, -0.15) is 0 Å². The van der Waals surface area contributed by atoms with Crippen LogP contribution in [0.5, 0.6) is 5.75 Å². The SMILES string of the molecule is COc1ccc(C(C)(C)C)cc1C(O)CCN1CCCC1. The second-order valence-electron chi connectivity index (χ2n) is 7.06. The number of methoxy groups -OCH3 is 1. The normalized spacial score (nSPS) is 18.0. The molecule has 3 heteroatoms. The van der Waals surface area contributed by atoms with Gasteiger partial charge in [-0.3, -0.25) is 0 Å². The second kappa shape index (κ2) is 6.80.